The molecule has 0 spiro atoms. The molecule has 0 heterocycles. The van der Waals surface area contributed by atoms with Gasteiger partial charge >= 0.3 is 17.9 Å². The second kappa shape index (κ2) is 50.0. The maximum absolute atomic E-state index is 12.7. The predicted octanol–water partition coefficient (Wildman–Crippen LogP) is 16.6. The summed E-state index contributed by atoms with van der Waals surface area (Å²) in [4.78, 5) is 37.8. The normalized spacial score (nSPS) is 12.9. The highest BCUT2D eigenvalue weighted by Crippen LogP contribution is 2.13. The van der Waals surface area contributed by atoms with Crippen molar-refractivity contribution in [3.05, 3.63) is 97.2 Å². The quantitative estimate of drug-likeness (QED) is 0.0263. The van der Waals surface area contributed by atoms with Crippen LogP contribution in [0.25, 0.3) is 0 Å². The van der Waals surface area contributed by atoms with E-state index in [0.29, 0.717) is 19.3 Å². The van der Waals surface area contributed by atoms with E-state index in [9.17, 15) is 14.4 Å². The van der Waals surface area contributed by atoms with Gasteiger partial charge < -0.3 is 14.2 Å². The van der Waals surface area contributed by atoms with Crippen LogP contribution in [-0.2, 0) is 28.6 Å². The smallest absolute Gasteiger partial charge is 0.306 e. The van der Waals surface area contributed by atoms with Gasteiger partial charge in [0.1, 0.15) is 13.2 Å². The monoisotopic (exact) mass is 861 g/mol. The fourth-order valence-electron chi connectivity index (χ4n) is 6.58. The van der Waals surface area contributed by atoms with Gasteiger partial charge in [-0.05, 0) is 103 Å². The highest BCUT2D eigenvalue weighted by Gasteiger charge is 2.19. The van der Waals surface area contributed by atoms with Crippen LogP contribution in [0.2, 0.25) is 0 Å². The minimum Gasteiger partial charge on any atom is -0.462 e. The highest BCUT2D eigenvalue weighted by atomic mass is 16.6. The molecule has 0 aliphatic carbocycles. The molecule has 0 saturated carbocycles. The van der Waals surface area contributed by atoms with Gasteiger partial charge in [-0.2, -0.15) is 0 Å². The average molecular weight is 861 g/mol. The summed E-state index contributed by atoms with van der Waals surface area (Å²) in [7, 11) is 0. The van der Waals surface area contributed by atoms with Gasteiger partial charge in [0.2, 0.25) is 0 Å². The van der Waals surface area contributed by atoms with Crippen LogP contribution in [-0.4, -0.2) is 37.2 Å². The molecule has 0 aromatic heterocycles. The van der Waals surface area contributed by atoms with E-state index in [-0.39, 0.29) is 31.6 Å². The van der Waals surface area contributed by atoms with E-state index >= 15 is 0 Å². The van der Waals surface area contributed by atoms with Crippen molar-refractivity contribution in [2.24, 2.45) is 0 Å². The van der Waals surface area contributed by atoms with Crippen LogP contribution in [0.15, 0.2) is 97.2 Å². The Labute approximate surface area is 381 Å². The van der Waals surface area contributed by atoms with Crippen LogP contribution in [0.3, 0.4) is 0 Å². The van der Waals surface area contributed by atoms with Gasteiger partial charge in [0, 0.05) is 19.3 Å². The molecular formula is C56H92O6. The van der Waals surface area contributed by atoms with Gasteiger partial charge in [-0.25, -0.2) is 0 Å². The summed E-state index contributed by atoms with van der Waals surface area (Å²) in [5.74, 6) is -1.05. The number of carbonyl (C=O) groups excluding carboxylic acids is 3. The summed E-state index contributed by atoms with van der Waals surface area (Å²) in [5.41, 5.74) is 0. The molecule has 352 valence electrons. The fourth-order valence-corrected chi connectivity index (χ4v) is 6.58. The van der Waals surface area contributed by atoms with Crippen molar-refractivity contribution in [3.8, 4) is 0 Å². The summed E-state index contributed by atoms with van der Waals surface area (Å²) in [6, 6.07) is 0. The van der Waals surface area contributed by atoms with Gasteiger partial charge in [0.05, 0.1) is 0 Å². The average Bonchev–Trinajstić information content (AvgIpc) is 3.27. The van der Waals surface area contributed by atoms with Crippen LogP contribution >= 0.6 is 0 Å². The number of ether oxygens (including phenoxy) is 3. The SMILES string of the molecule is CC/C=C\C/C=C\C/C=C\C/C=C\C/C=C\CCC(=O)OC(COC(=O)CCCC/C=C\C/C=C\CC)COC(=O)CCCCCCCCC/C=C\CCCCCCCCCC. The third-order valence-electron chi connectivity index (χ3n) is 10.3. The van der Waals surface area contributed by atoms with Crippen molar-refractivity contribution in [1.82, 2.24) is 0 Å². The highest BCUT2D eigenvalue weighted by molar-refractivity contribution is 5.71. The molecule has 0 aromatic carbocycles. The van der Waals surface area contributed by atoms with E-state index in [1.807, 2.05) is 12.2 Å². The Bertz CT molecular complexity index is 1260. The zero-order valence-electron chi connectivity index (χ0n) is 40.1. The Hall–Kier alpha value is -3.67. The van der Waals surface area contributed by atoms with Crippen LogP contribution in [0.1, 0.15) is 220 Å². The lowest BCUT2D eigenvalue weighted by Crippen LogP contribution is -2.30. The van der Waals surface area contributed by atoms with Gasteiger partial charge in [0.15, 0.2) is 6.10 Å². The van der Waals surface area contributed by atoms with E-state index in [1.165, 1.54) is 89.9 Å². The molecule has 0 aliphatic rings. The lowest BCUT2D eigenvalue weighted by Gasteiger charge is -2.18. The van der Waals surface area contributed by atoms with E-state index in [1.54, 1.807) is 0 Å². The van der Waals surface area contributed by atoms with Crippen molar-refractivity contribution in [3.63, 3.8) is 0 Å². The third-order valence-corrected chi connectivity index (χ3v) is 10.3. The summed E-state index contributed by atoms with van der Waals surface area (Å²) in [6.07, 6.45) is 65.7. The summed E-state index contributed by atoms with van der Waals surface area (Å²) in [6.45, 7) is 6.29. The summed E-state index contributed by atoms with van der Waals surface area (Å²) in [5, 5.41) is 0. The number of unbranched alkanes of at least 4 members (excludes halogenated alkanes) is 17. The second-order valence-electron chi connectivity index (χ2n) is 16.3. The first-order valence-corrected chi connectivity index (χ1v) is 25.2. The first-order valence-electron chi connectivity index (χ1n) is 25.2. The first kappa shape index (κ1) is 58.3. The molecule has 0 N–H and O–H groups in total. The van der Waals surface area contributed by atoms with Crippen molar-refractivity contribution in [2.45, 2.75) is 226 Å². The zero-order valence-corrected chi connectivity index (χ0v) is 40.1. The molecule has 0 saturated heterocycles. The number of hydrogen-bond acceptors (Lipinski definition) is 6. The molecule has 1 unspecified atom stereocenters. The molecule has 0 radical (unpaired) electrons. The number of allylic oxidation sites excluding steroid dienone is 16. The van der Waals surface area contributed by atoms with Crippen LogP contribution in [0.5, 0.6) is 0 Å². The van der Waals surface area contributed by atoms with Gasteiger partial charge in [-0.3, -0.25) is 14.4 Å². The molecule has 0 aromatic rings. The van der Waals surface area contributed by atoms with Crippen LogP contribution in [0, 0.1) is 0 Å². The predicted molar refractivity (Wildman–Crippen MR) is 265 cm³/mol. The van der Waals surface area contributed by atoms with E-state index in [2.05, 4.69) is 106 Å². The Morgan fingerprint density at radius 2 is 0.661 bits per heavy atom. The lowest BCUT2D eigenvalue weighted by atomic mass is 10.1. The molecule has 0 bridgehead atoms. The number of carbonyl (C=O) groups is 3. The number of esters is 3. The van der Waals surface area contributed by atoms with E-state index in [4.69, 9.17) is 14.2 Å². The lowest BCUT2D eigenvalue weighted by molar-refractivity contribution is -0.166. The van der Waals surface area contributed by atoms with Crippen LogP contribution < -0.4 is 0 Å². The minimum absolute atomic E-state index is 0.121. The molecular weight excluding hydrogens is 769 g/mol. The second-order valence-corrected chi connectivity index (χ2v) is 16.3. The topological polar surface area (TPSA) is 78.9 Å². The molecule has 0 fully saturated rings. The largest absolute Gasteiger partial charge is 0.462 e. The Morgan fingerprint density at radius 3 is 1.10 bits per heavy atom. The van der Waals surface area contributed by atoms with Gasteiger partial charge in [-0.15, -0.1) is 0 Å². The van der Waals surface area contributed by atoms with Crippen molar-refractivity contribution >= 4 is 17.9 Å². The Balaban J connectivity index is 4.44. The molecule has 6 nitrogen and oxygen atoms in total. The molecule has 0 rings (SSSR count). The van der Waals surface area contributed by atoms with E-state index in [0.717, 1.165) is 83.5 Å². The van der Waals surface area contributed by atoms with Crippen molar-refractivity contribution < 1.29 is 28.6 Å². The van der Waals surface area contributed by atoms with Gasteiger partial charge in [0.25, 0.3) is 0 Å². The Kier molecular flexibility index (Phi) is 47.0. The maximum Gasteiger partial charge on any atom is 0.306 e. The van der Waals surface area contributed by atoms with Crippen molar-refractivity contribution in [1.29, 1.82) is 0 Å². The maximum atomic E-state index is 12.7. The van der Waals surface area contributed by atoms with Gasteiger partial charge in [-0.1, -0.05) is 195 Å². The first-order chi connectivity index (χ1) is 30.5. The zero-order chi connectivity index (χ0) is 45.1. The number of hydrogen-bond donors (Lipinski definition) is 0. The van der Waals surface area contributed by atoms with Crippen LogP contribution in [0.4, 0.5) is 0 Å². The summed E-state index contributed by atoms with van der Waals surface area (Å²) >= 11 is 0. The molecule has 1 atom stereocenters. The molecule has 0 amide bonds. The third kappa shape index (κ3) is 47.4. The van der Waals surface area contributed by atoms with Crippen molar-refractivity contribution in [2.75, 3.05) is 13.2 Å². The number of rotatable bonds is 44. The van der Waals surface area contributed by atoms with E-state index < -0.39 is 12.1 Å². The fraction of sp³-hybridized carbons (Fsp3) is 0.661. The standard InChI is InChI=1S/C56H92O6/c1-4-7-10-13-16-19-21-23-25-27-28-29-31-32-34-37-40-43-46-49-55(58)61-52-53(51-60-54(57)48-45-42-39-36-18-15-12-9-6-3)62-56(59)50-47-44-41-38-35-33-30-26-24-22-20-17-14-11-8-5-2/h8-9,11-12,17-18,20,24,26-28,33,35-36,41,44,53H,4-7,10,13-16,19,21-23,25,29-32,34,37-40,42-43,45-52H2,1-3H3/b11-8-,12-9-,20-17-,26-24-,28-27-,35-33-,36-18-,44-41-. The summed E-state index contributed by atoms with van der Waals surface area (Å²) < 4.78 is 16.6. The molecule has 62 heavy (non-hydrogen) atoms. The minimum atomic E-state index is -0.831. The Morgan fingerprint density at radius 1 is 0.339 bits per heavy atom. The molecule has 6 heteroatoms. The molecule has 0 aliphatic heterocycles.